The van der Waals surface area contributed by atoms with Gasteiger partial charge in [0.25, 0.3) is 0 Å². The monoisotopic (exact) mass is 346 g/mol. The Hall–Kier alpha value is -1.42. The minimum atomic E-state index is -0.237. The Labute approximate surface area is 130 Å². The van der Waals surface area contributed by atoms with Gasteiger partial charge in [0, 0.05) is 21.1 Å². The molecular weight excluding hydrogens is 336 g/mol. The quantitative estimate of drug-likeness (QED) is 0.730. The Bertz CT molecular complexity index is 773. The van der Waals surface area contributed by atoms with E-state index in [1.807, 2.05) is 48.7 Å². The SMILES string of the molecule is NC(c1cnc2ccccc2c1)c1ccc(Cl)cc1Br. The number of nitrogens with two attached hydrogens (primary N) is 1. The van der Waals surface area contributed by atoms with Crippen LogP contribution in [0, 0.1) is 0 Å². The van der Waals surface area contributed by atoms with Crippen molar-refractivity contribution < 1.29 is 0 Å². The van der Waals surface area contributed by atoms with Crippen molar-refractivity contribution in [1.82, 2.24) is 4.98 Å². The van der Waals surface area contributed by atoms with E-state index >= 15 is 0 Å². The molecule has 2 nitrogen and oxygen atoms in total. The van der Waals surface area contributed by atoms with Gasteiger partial charge in [-0.05, 0) is 35.4 Å². The first kappa shape index (κ1) is 13.6. The van der Waals surface area contributed by atoms with E-state index in [0.717, 1.165) is 26.5 Å². The third-order valence-electron chi connectivity index (χ3n) is 3.27. The first-order valence-electron chi connectivity index (χ1n) is 6.20. The largest absolute Gasteiger partial charge is 0.320 e. The molecule has 0 amide bonds. The third kappa shape index (κ3) is 2.57. The summed E-state index contributed by atoms with van der Waals surface area (Å²) in [4.78, 5) is 4.45. The van der Waals surface area contributed by atoms with Crippen LogP contribution < -0.4 is 5.73 Å². The highest BCUT2D eigenvalue weighted by molar-refractivity contribution is 9.10. The Kier molecular flexibility index (Phi) is 3.74. The highest BCUT2D eigenvalue weighted by atomic mass is 79.9. The predicted octanol–water partition coefficient (Wildman–Crippen LogP) is 4.70. The van der Waals surface area contributed by atoms with Gasteiger partial charge in [0.15, 0.2) is 0 Å². The summed E-state index contributed by atoms with van der Waals surface area (Å²) < 4.78 is 0.908. The molecule has 100 valence electrons. The van der Waals surface area contributed by atoms with Crippen molar-refractivity contribution >= 4 is 38.4 Å². The maximum absolute atomic E-state index is 6.35. The fourth-order valence-corrected chi connectivity index (χ4v) is 3.12. The number of halogens is 2. The Morgan fingerprint density at radius 1 is 1.10 bits per heavy atom. The second-order valence-electron chi connectivity index (χ2n) is 4.60. The fourth-order valence-electron chi connectivity index (χ4n) is 2.19. The zero-order chi connectivity index (χ0) is 14.1. The molecular formula is C16H12BrClN2. The summed E-state index contributed by atoms with van der Waals surface area (Å²) in [6.07, 6.45) is 1.83. The highest BCUT2D eigenvalue weighted by Gasteiger charge is 2.13. The molecule has 0 bridgehead atoms. The van der Waals surface area contributed by atoms with Crippen LogP contribution >= 0.6 is 27.5 Å². The number of hydrogen-bond donors (Lipinski definition) is 1. The van der Waals surface area contributed by atoms with Gasteiger partial charge < -0.3 is 5.73 Å². The summed E-state index contributed by atoms with van der Waals surface area (Å²) in [5, 5.41) is 1.77. The van der Waals surface area contributed by atoms with Gasteiger partial charge in [0.05, 0.1) is 11.6 Å². The Morgan fingerprint density at radius 3 is 2.70 bits per heavy atom. The van der Waals surface area contributed by atoms with Gasteiger partial charge in [0.2, 0.25) is 0 Å². The standard InChI is InChI=1S/C16H12BrClN2/c17-14-8-12(18)5-6-13(14)16(19)11-7-10-3-1-2-4-15(10)20-9-11/h1-9,16H,19H2. The van der Waals surface area contributed by atoms with Crippen molar-refractivity contribution in [3.63, 3.8) is 0 Å². The summed E-state index contributed by atoms with van der Waals surface area (Å²) in [7, 11) is 0. The Balaban J connectivity index is 2.05. The maximum Gasteiger partial charge on any atom is 0.0702 e. The molecule has 1 heterocycles. The van der Waals surface area contributed by atoms with Crippen molar-refractivity contribution in [1.29, 1.82) is 0 Å². The second kappa shape index (κ2) is 5.52. The van der Waals surface area contributed by atoms with E-state index in [9.17, 15) is 0 Å². The number of hydrogen-bond acceptors (Lipinski definition) is 2. The van der Waals surface area contributed by atoms with Crippen molar-refractivity contribution in [2.45, 2.75) is 6.04 Å². The van der Waals surface area contributed by atoms with Crippen LogP contribution in [0.25, 0.3) is 10.9 Å². The topological polar surface area (TPSA) is 38.9 Å². The average Bonchev–Trinajstić information content (AvgIpc) is 2.46. The molecule has 1 unspecified atom stereocenters. The number of rotatable bonds is 2. The van der Waals surface area contributed by atoms with Crippen LogP contribution in [0.1, 0.15) is 17.2 Å². The molecule has 0 saturated heterocycles. The smallest absolute Gasteiger partial charge is 0.0702 e. The molecule has 1 aromatic heterocycles. The van der Waals surface area contributed by atoms with E-state index in [0.29, 0.717) is 5.02 Å². The summed E-state index contributed by atoms with van der Waals surface area (Å²) >= 11 is 9.47. The van der Waals surface area contributed by atoms with Crippen molar-refractivity contribution in [2.24, 2.45) is 5.73 Å². The summed E-state index contributed by atoms with van der Waals surface area (Å²) in [6, 6.07) is 15.5. The van der Waals surface area contributed by atoms with Crippen LogP contribution in [0.15, 0.2) is 59.2 Å². The normalized spacial score (nSPS) is 12.6. The summed E-state index contributed by atoms with van der Waals surface area (Å²) in [5.74, 6) is 0. The van der Waals surface area contributed by atoms with Gasteiger partial charge in [-0.1, -0.05) is 51.8 Å². The molecule has 20 heavy (non-hydrogen) atoms. The van der Waals surface area contributed by atoms with Gasteiger partial charge in [-0.15, -0.1) is 0 Å². The molecule has 3 aromatic rings. The first-order valence-corrected chi connectivity index (χ1v) is 7.37. The minimum Gasteiger partial charge on any atom is -0.320 e. The van der Waals surface area contributed by atoms with E-state index in [1.54, 1.807) is 0 Å². The lowest BCUT2D eigenvalue weighted by Crippen LogP contribution is -2.12. The maximum atomic E-state index is 6.35. The number of para-hydroxylation sites is 1. The molecule has 0 aliphatic carbocycles. The summed E-state index contributed by atoms with van der Waals surface area (Å²) in [5.41, 5.74) is 9.29. The van der Waals surface area contributed by atoms with E-state index in [1.165, 1.54) is 0 Å². The number of pyridine rings is 1. The molecule has 1 atom stereocenters. The average molecular weight is 348 g/mol. The van der Waals surface area contributed by atoms with E-state index in [4.69, 9.17) is 17.3 Å². The van der Waals surface area contributed by atoms with Crippen molar-refractivity contribution in [3.8, 4) is 0 Å². The molecule has 0 spiro atoms. The molecule has 0 fully saturated rings. The number of nitrogens with zero attached hydrogens (tertiary/aromatic N) is 1. The van der Waals surface area contributed by atoms with Crippen LogP contribution in [0.4, 0.5) is 0 Å². The van der Waals surface area contributed by atoms with Crippen LogP contribution in [-0.2, 0) is 0 Å². The summed E-state index contributed by atoms with van der Waals surface area (Å²) in [6.45, 7) is 0. The number of aromatic nitrogens is 1. The van der Waals surface area contributed by atoms with Gasteiger partial charge in [-0.3, -0.25) is 4.98 Å². The molecule has 2 N–H and O–H groups in total. The van der Waals surface area contributed by atoms with Crippen LogP contribution in [0.3, 0.4) is 0 Å². The molecule has 0 radical (unpaired) electrons. The van der Waals surface area contributed by atoms with Gasteiger partial charge in [-0.2, -0.15) is 0 Å². The van der Waals surface area contributed by atoms with E-state index in [-0.39, 0.29) is 6.04 Å². The number of benzene rings is 2. The predicted molar refractivity (Wildman–Crippen MR) is 86.9 cm³/mol. The Morgan fingerprint density at radius 2 is 1.90 bits per heavy atom. The van der Waals surface area contributed by atoms with Gasteiger partial charge in [-0.25, -0.2) is 0 Å². The zero-order valence-electron chi connectivity index (χ0n) is 10.6. The molecule has 0 aliphatic rings. The second-order valence-corrected chi connectivity index (χ2v) is 5.90. The van der Waals surface area contributed by atoms with E-state index < -0.39 is 0 Å². The van der Waals surface area contributed by atoms with Gasteiger partial charge in [0.1, 0.15) is 0 Å². The van der Waals surface area contributed by atoms with Crippen LogP contribution in [-0.4, -0.2) is 4.98 Å². The van der Waals surface area contributed by atoms with Crippen LogP contribution in [0.2, 0.25) is 5.02 Å². The van der Waals surface area contributed by atoms with Crippen molar-refractivity contribution in [2.75, 3.05) is 0 Å². The van der Waals surface area contributed by atoms with Gasteiger partial charge >= 0.3 is 0 Å². The number of fused-ring (bicyclic) bond motifs is 1. The molecule has 0 aliphatic heterocycles. The lowest BCUT2D eigenvalue weighted by atomic mass is 10.00. The molecule has 3 rings (SSSR count). The molecule has 4 heteroatoms. The molecule has 0 saturated carbocycles. The minimum absolute atomic E-state index is 0.237. The van der Waals surface area contributed by atoms with E-state index in [2.05, 4.69) is 27.0 Å². The highest BCUT2D eigenvalue weighted by Crippen LogP contribution is 2.29. The fraction of sp³-hybridized carbons (Fsp3) is 0.0625. The molecule has 2 aromatic carbocycles. The lowest BCUT2D eigenvalue weighted by Gasteiger charge is -2.15. The van der Waals surface area contributed by atoms with Crippen molar-refractivity contribution in [3.05, 3.63) is 75.4 Å². The lowest BCUT2D eigenvalue weighted by molar-refractivity contribution is 0.861. The first-order chi connectivity index (χ1) is 9.65. The van der Waals surface area contributed by atoms with Crippen LogP contribution in [0.5, 0.6) is 0 Å². The third-order valence-corrected chi connectivity index (χ3v) is 4.19. The zero-order valence-corrected chi connectivity index (χ0v) is 12.9.